The van der Waals surface area contributed by atoms with Crippen LogP contribution in [0.5, 0.6) is 5.75 Å². The Labute approximate surface area is 161 Å². The van der Waals surface area contributed by atoms with E-state index in [1.165, 1.54) is 12.1 Å². The standard InChI is InChI=1S/C18H29N3O5S/c1-14(2)20-18(22)15(3)26-16-4-6-17(7-5-16)27(23,24)19-8-9-21-10-12-25-13-11-21/h4-7,14-15,19H,8-13H2,1-3H3,(H,20,22)/t15-/m0/s1. The van der Waals surface area contributed by atoms with Gasteiger partial charge in [0.15, 0.2) is 6.10 Å². The van der Waals surface area contributed by atoms with E-state index in [1.807, 2.05) is 13.8 Å². The lowest BCUT2D eigenvalue weighted by atomic mass is 10.3. The van der Waals surface area contributed by atoms with E-state index in [0.29, 0.717) is 32.1 Å². The molecule has 0 aliphatic carbocycles. The first-order valence-corrected chi connectivity index (χ1v) is 10.6. The Morgan fingerprint density at radius 1 is 1.19 bits per heavy atom. The number of sulfonamides is 1. The fraction of sp³-hybridized carbons (Fsp3) is 0.611. The molecular formula is C18H29N3O5S. The molecular weight excluding hydrogens is 370 g/mol. The Hall–Kier alpha value is -1.68. The fourth-order valence-corrected chi connectivity index (χ4v) is 3.62. The number of amides is 1. The molecule has 27 heavy (non-hydrogen) atoms. The van der Waals surface area contributed by atoms with E-state index < -0.39 is 16.1 Å². The summed E-state index contributed by atoms with van der Waals surface area (Å²) in [7, 11) is -3.58. The topological polar surface area (TPSA) is 97.0 Å². The van der Waals surface area contributed by atoms with E-state index in [9.17, 15) is 13.2 Å². The predicted molar refractivity (Wildman–Crippen MR) is 102 cm³/mol. The van der Waals surface area contributed by atoms with Crippen molar-refractivity contribution < 1.29 is 22.7 Å². The molecule has 1 amide bonds. The number of hydrogen-bond donors (Lipinski definition) is 2. The minimum absolute atomic E-state index is 0.0274. The van der Waals surface area contributed by atoms with Crippen molar-refractivity contribution in [1.82, 2.24) is 14.9 Å². The maximum absolute atomic E-state index is 12.4. The molecule has 0 aromatic heterocycles. The maximum Gasteiger partial charge on any atom is 0.260 e. The smallest absolute Gasteiger partial charge is 0.260 e. The number of ether oxygens (including phenoxy) is 2. The minimum Gasteiger partial charge on any atom is -0.481 e. The third-order valence-corrected chi connectivity index (χ3v) is 5.55. The van der Waals surface area contributed by atoms with Crippen molar-refractivity contribution >= 4 is 15.9 Å². The lowest BCUT2D eigenvalue weighted by molar-refractivity contribution is -0.127. The fourth-order valence-electron chi connectivity index (χ4n) is 2.60. The van der Waals surface area contributed by atoms with Gasteiger partial charge in [0.25, 0.3) is 5.91 Å². The number of rotatable bonds is 9. The zero-order valence-electron chi connectivity index (χ0n) is 16.1. The summed E-state index contributed by atoms with van der Waals surface area (Å²) in [5, 5.41) is 2.77. The Morgan fingerprint density at radius 2 is 1.81 bits per heavy atom. The highest BCUT2D eigenvalue weighted by Gasteiger charge is 2.18. The molecule has 1 aromatic carbocycles. The van der Waals surface area contributed by atoms with Gasteiger partial charge in [-0.3, -0.25) is 9.69 Å². The molecule has 1 saturated heterocycles. The largest absolute Gasteiger partial charge is 0.481 e. The van der Waals surface area contributed by atoms with E-state index in [1.54, 1.807) is 19.1 Å². The molecule has 0 saturated carbocycles. The molecule has 0 bridgehead atoms. The van der Waals surface area contributed by atoms with Crippen LogP contribution < -0.4 is 14.8 Å². The second-order valence-electron chi connectivity index (χ2n) is 6.75. The molecule has 1 heterocycles. The van der Waals surface area contributed by atoms with Crippen LogP contribution in [0.15, 0.2) is 29.2 Å². The van der Waals surface area contributed by atoms with E-state index in [4.69, 9.17) is 9.47 Å². The molecule has 0 radical (unpaired) electrons. The molecule has 152 valence electrons. The maximum atomic E-state index is 12.4. The summed E-state index contributed by atoms with van der Waals surface area (Å²) >= 11 is 0. The average molecular weight is 400 g/mol. The van der Waals surface area contributed by atoms with Gasteiger partial charge in [-0.1, -0.05) is 0 Å². The zero-order valence-corrected chi connectivity index (χ0v) is 16.9. The molecule has 8 nitrogen and oxygen atoms in total. The molecule has 1 atom stereocenters. The molecule has 1 aromatic rings. The van der Waals surface area contributed by atoms with Crippen LogP contribution in [0.1, 0.15) is 20.8 Å². The molecule has 1 fully saturated rings. The van der Waals surface area contributed by atoms with Crippen LogP contribution in [0, 0.1) is 0 Å². The summed E-state index contributed by atoms with van der Waals surface area (Å²) < 4.78 is 38.2. The third kappa shape index (κ3) is 7.10. The van der Waals surface area contributed by atoms with Gasteiger partial charge in [0, 0.05) is 32.2 Å². The first-order chi connectivity index (χ1) is 12.8. The summed E-state index contributed by atoms with van der Waals surface area (Å²) in [5.41, 5.74) is 0. The Bertz CT molecular complexity index is 700. The SMILES string of the molecule is CC(C)NC(=O)[C@H](C)Oc1ccc(S(=O)(=O)NCCN2CCOCC2)cc1. The lowest BCUT2D eigenvalue weighted by Crippen LogP contribution is -2.41. The van der Waals surface area contributed by atoms with Crippen LogP contribution in [0.4, 0.5) is 0 Å². The zero-order chi connectivity index (χ0) is 19.9. The van der Waals surface area contributed by atoms with Crippen LogP contribution in [0.25, 0.3) is 0 Å². The number of morpholine rings is 1. The van der Waals surface area contributed by atoms with Crippen LogP contribution in [-0.2, 0) is 19.6 Å². The summed E-state index contributed by atoms with van der Waals surface area (Å²) in [6.07, 6.45) is -0.665. The highest BCUT2D eigenvalue weighted by Crippen LogP contribution is 2.17. The van der Waals surface area contributed by atoms with Crippen molar-refractivity contribution in [2.75, 3.05) is 39.4 Å². The molecule has 1 aliphatic rings. The highest BCUT2D eigenvalue weighted by atomic mass is 32.2. The van der Waals surface area contributed by atoms with Gasteiger partial charge >= 0.3 is 0 Å². The number of carbonyl (C=O) groups excluding carboxylic acids is 1. The van der Waals surface area contributed by atoms with Gasteiger partial charge in [-0.05, 0) is 45.0 Å². The van der Waals surface area contributed by atoms with Crippen molar-refractivity contribution in [2.45, 2.75) is 37.8 Å². The van der Waals surface area contributed by atoms with Crippen molar-refractivity contribution in [3.63, 3.8) is 0 Å². The highest BCUT2D eigenvalue weighted by molar-refractivity contribution is 7.89. The van der Waals surface area contributed by atoms with Gasteiger partial charge in [-0.25, -0.2) is 13.1 Å². The van der Waals surface area contributed by atoms with Gasteiger partial charge in [0.1, 0.15) is 5.75 Å². The second-order valence-corrected chi connectivity index (χ2v) is 8.51. The van der Waals surface area contributed by atoms with Crippen molar-refractivity contribution in [1.29, 1.82) is 0 Å². The van der Waals surface area contributed by atoms with E-state index in [2.05, 4.69) is 14.9 Å². The molecule has 0 spiro atoms. The summed E-state index contributed by atoms with van der Waals surface area (Å²) in [5.74, 6) is 0.222. The van der Waals surface area contributed by atoms with Crippen LogP contribution >= 0.6 is 0 Å². The molecule has 1 aliphatic heterocycles. The minimum atomic E-state index is -3.58. The van der Waals surface area contributed by atoms with Crippen molar-refractivity contribution in [2.24, 2.45) is 0 Å². The van der Waals surface area contributed by atoms with Gasteiger partial charge in [0.2, 0.25) is 10.0 Å². The second kappa shape index (κ2) is 10.0. The lowest BCUT2D eigenvalue weighted by Gasteiger charge is -2.26. The normalized spacial score (nSPS) is 16.9. The number of nitrogens with zero attached hydrogens (tertiary/aromatic N) is 1. The van der Waals surface area contributed by atoms with Crippen LogP contribution in [-0.4, -0.2) is 70.8 Å². The van der Waals surface area contributed by atoms with Crippen molar-refractivity contribution in [3.05, 3.63) is 24.3 Å². The molecule has 0 unspecified atom stereocenters. The third-order valence-electron chi connectivity index (χ3n) is 4.07. The van der Waals surface area contributed by atoms with Gasteiger partial charge in [-0.15, -0.1) is 0 Å². The van der Waals surface area contributed by atoms with Gasteiger partial charge < -0.3 is 14.8 Å². The first-order valence-electron chi connectivity index (χ1n) is 9.15. The number of benzene rings is 1. The van der Waals surface area contributed by atoms with Gasteiger partial charge in [0.05, 0.1) is 18.1 Å². The summed E-state index contributed by atoms with van der Waals surface area (Å²) in [6, 6.07) is 6.07. The van der Waals surface area contributed by atoms with Crippen molar-refractivity contribution in [3.8, 4) is 5.75 Å². The first kappa shape index (κ1) is 21.6. The van der Waals surface area contributed by atoms with Crippen LogP contribution in [0.3, 0.4) is 0 Å². The van der Waals surface area contributed by atoms with E-state index >= 15 is 0 Å². The molecule has 2 N–H and O–H groups in total. The number of carbonyl (C=O) groups is 1. The Morgan fingerprint density at radius 3 is 2.41 bits per heavy atom. The number of hydrogen-bond acceptors (Lipinski definition) is 6. The number of nitrogens with one attached hydrogen (secondary N) is 2. The van der Waals surface area contributed by atoms with Crippen LogP contribution in [0.2, 0.25) is 0 Å². The Kier molecular flexibility index (Phi) is 8.03. The summed E-state index contributed by atoms with van der Waals surface area (Å²) in [6.45, 7) is 9.37. The average Bonchev–Trinajstić information content (AvgIpc) is 2.62. The summed E-state index contributed by atoms with van der Waals surface area (Å²) in [4.78, 5) is 14.2. The van der Waals surface area contributed by atoms with Gasteiger partial charge in [-0.2, -0.15) is 0 Å². The van der Waals surface area contributed by atoms with E-state index in [0.717, 1.165) is 13.1 Å². The quantitative estimate of drug-likeness (QED) is 0.631. The Balaban J connectivity index is 1.86. The molecule has 9 heteroatoms. The van der Waals surface area contributed by atoms with E-state index in [-0.39, 0.29) is 16.8 Å². The molecule has 2 rings (SSSR count). The predicted octanol–water partition coefficient (Wildman–Crippen LogP) is 0.589. The monoisotopic (exact) mass is 399 g/mol.